The summed E-state index contributed by atoms with van der Waals surface area (Å²) in [6.45, 7) is 1.11. The van der Waals surface area contributed by atoms with Gasteiger partial charge in [-0.25, -0.2) is 4.39 Å². The summed E-state index contributed by atoms with van der Waals surface area (Å²) in [7, 11) is 0. The highest BCUT2D eigenvalue weighted by Gasteiger charge is 2.17. The Morgan fingerprint density at radius 3 is 2.55 bits per heavy atom. The number of hydrogen-bond acceptors (Lipinski definition) is 3. The number of carbonyl (C=O) groups is 2. The summed E-state index contributed by atoms with van der Waals surface area (Å²) < 4.78 is 26.6. The molecular weight excluding hydrogens is 292 g/mol. The van der Waals surface area contributed by atoms with Gasteiger partial charge >= 0.3 is 0 Å². The summed E-state index contributed by atoms with van der Waals surface area (Å²) in [6.07, 6.45) is 0. The monoisotopic (exact) mass is 299 g/mol. The predicted molar refractivity (Wildman–Crippen MR) is 67.8 cm³/mol. The highest BCUT2D eigenvalue weighted by molar-refractivity contribution is 6.33. The van der Waals surface area contributed by atoms with Gasteiger partial charge < -0.3 is 5.32 Å². The van der Waals surface area contributed by atoms with E-state index >= 15 is 0 Å². The van der Waals surface area contributed by atoms with Crippen molar-refractivity contribution in [3.05, 3.63) is 46.7 Å². The maximum atomic E-state index is 13.3. The fraction of sp³-hybridized carbons (Fsp3) is 0.0833. The Morgan fingerprint density at radius 2 is 2.00 bits per heavy atom. The van der Waals surface area contributed by atoms with Crippen molar-refractivity contribution in [2.24, 2.45) is 0 Å². The van der Waals surface area contributed by atoms with Crippen LogP contribution in [0.4, 0.5) is 14.5 Å². The van der Waals surface area contributed by atoms with Crippen molar-refractivity contribution in [1.82, 2.24) is 9.78 Å². The number of benzene rings is 1. The minimum absolute atomic E-state index is 0.00942. The average molecular weight is 300 g/mol. The van der Waals surface area contributed by atoms with Gasteiger partial charge in [0.2, 0.25) is 11.9 Å². The molecule has 104 valence electrons. The number of aromatic nitrogens is 2. The highest BCUT2D eigenvalue weighted by atomic mass is 35.5. The first-order valence-corrected chi connectivity index (χ1v) is 5.79. The lowest BCUT2D eigenvalue weighted by molar-refractivity contribution is 0.0905. The Kier molecular flexibility index (Phi) is 3.80. The molecular formula is C12H8ClF2N3O2. The van der Waals surface area contributed by atoms with Crippen LogP contribution >= 0.6 is 11.6 Å². The van der Waals surface area contributed by atoms with Gasteiger partial charge in [-0.1, -0.05) is 11.6 Å². The van der Waals surface area contributed by atoms with Gasteiger partial charge in [0, 0.05) is 13.0 Å². The summed E-state index contributed by atoms with van der Waals surface area (Å²) in [6, 6.07) is 4.20. The van der Waals surface area contributed by atoms with Gasteiger partial charge in [0.25, 0.3) is 5.91 Å². The van der Waals surface area contributed by atoms with Crippen molar-refractivity contribution in [3.63, 3.8) is 0 Å². The minimum Gasteiger partial charge on any atom is -0.319 e. The Bertz CT molecular complexity index is 700. The summed E-state index contributed by atoms with van der Waals surface area (Å²) in [5.41, 5.74) is -0.144. The van der Waals surface area contributed by atoms with Gasteiger partial charge in [0.05, 0.1) is 10.7 Å². The number of nitrogens with one attached hydrogen (secondary N) is 1. The van der Waals surface area contributed by atoms with Crippen molar-refractivity contribution >= 4 is 29.1 Å². The van der Waals surface area contributed by atoms with Crippen LogP contribution in [0.1, 0.15) is 22.2 Å². The maximum Gasteiger partial charge on any atom is 0.276 e. The van der Waals surface area contributed by atoms with E-state index in [9.17, 15) is 18.4 Å². The van der Waals surface area contributed by atoms with Crippen molar-refractivity contribution < 1.29 is 18.4 Å². The summed E-state index contributed by atoms with van der Waals surface area (Å²) in [4.78, 5) is 22.8. The molecule has 2 rings (SSSR count). The molecule has 0 aliphatic heterocycles. The Labute approximate surface area is 117 Å². The van der Waals surface area contributed by atoms with Crippen LogP contribution in [0.3, 0.4) is 0 Å². The van der Waals surface area contributed by atoms with E-state index in [1.165, 1.54) is 6.07 Å². The molecule has 1 amide bonds. The van der Waals surface area contributed by atoms with E-state index in [2.05, 4.69) is 10.4 Å². The Hall–Kier alpha value is -2.28. The van der Waals surface area contributed by atoms with Crippen LogP contribution in [0.5, 0.6) is 0 Å². The number of anilines is 1. The van der Waals surface area contributed by atoms with Crippen LogP contribution < -0.4 is 5.32 Å². The highest BCUT2D eigenvalue weighted by Crippen LogP contribution is 2.22. The molecule has 0 fully saturated rings. The van der Waals surface area contributed by atoms with Gasteiger partial charge in [-0.15, -0.1) is 0 Å². The second-order valence-corrected chi connectivity index (χ2v) is 4.27. The molecule has 0 unspecified atom stereocenters. The predicted octanol–water partition coefficient (Wildman–Crippen LogP) is 2.73. The zero-order valence-electron chi connectivity index (χ0n) is 10.2. The molecule has 2 aromatic rings. The van der Waals surface area contributed by atoms with E-state index in [4.69, 9.17) is 11.6 Å². The molecule has 0 saturated heterocycles. The quantitative estimate of drug-likeness (QED) is 0.927. The zero-order chi connectivity index (χ0) is 14.9. The molecule has 1 N–H and O–H groups in total. The van der Waals surface area contributed by atoms with Crippen molar-refractivity contribution in [3.8, 4) is 0 Å². The molecule has 0 aliphatic carbocycles. The molecule has 0 spiro atoms. The fourth-order valence-electron chi connectivity index (χ4n) is 1.47. The molecule has 0 bridgehead atoms. The fourth-order valence-corrected chi connectivity index (χ4v) is 1.68. The van der Waals surface area contributed by atoms with Crippen molar-refractivity contribution in [2.45, 2.75) is 6.92 Å². The molecule has 1 heterocycles. The molecule has 1 aromatic heterocycles. The number of nitrogens with zero attached hydrogens (tertiary/aromatic N) is 2. The molecule has 20 heavy (non-hydrogen) atoms. The standard InChI is InChI=1S/C12H8ClF2N3O2/c1-6(19)18-11(15)5-10(17-18)12(20)16-9-3-2-7(14)4-8(9)13/h2-5H,1H3,(H,16,20). The van der Waals surface area contributed by atoms with E-state index in [-0.39, 0.29) is 16.4 Å². The summed E-state index contributed by atoms with van der Waals surface area (Å²) >= 11 is 5.74. The second-order valence-electron chi connectivity index (χ2n) is 3.86. The normalized spacial score (nSPS) is 10.4. The lowest BCUT2D eigenvalue weighted by Gasteiger charge is -2.05. The third-order valence-electron chi connectivity index (χ3n) is 2.38. The number of halogens is 3. The molecule has 0 atom stereocenters. The average Bonchev–Trinajstić information content (AvgIpc) is 2.75. The first kappa shape index (κ1) is 14.1. The number of rotatable bonds is 2. The summed E-state index contributed by atoms with van der Waals surface area (Å²) in [5.74, 6) is -2.94. The number of hydrogen-bond donors (Lipinski definition) is 1. The first-order chi connectivity index (χ1) is 9.38. The third kappa shape index (κ3) is 2.83. The smallest absolute Gasteiger partial charge is 0.276 e. The molecule has 1 aromatic carbocycles. The van der Waals surface area contributed by atoms with Crippen molar-refractivity contribution in [1.29, 1.82) is 0 Å². The van der Waals surface area contributed by atoms with Gasteiger partial charge in [-0.05, 0) is 18.2 Å². The van der Waals surface area contributed by atoms with E-state index in [1.54, 1.807) is 0 Å². The molecule has 5 nitrogen and oxygen atoms in total. The van der Waals surface area contributed by atoms with Crippen LogP contribution in [0.15, 0.2) is 24.3 Å². The third-order valence-corrected chi connectivity index (χ3v) is 2.69. The first-order valence-electron chi connectivity index (χ1n) is 5.41. The van der Waals surface area contributed by atoms with E-state index in [0.29, 0.717) is 4.68 Å². The molecule has 8 heteroatoms. The molecule has 0 saturated carbocycles. The Morgan fingerprint density at radius 1 is 1.30 bits per heavy atom. The number of carbonyl (C=O) groups excluding carboxylic acids is 2. The van der Waals surface area contributed by atoms with Crippen LogP contribution in [0.2, 0.25) is 5.02 Å². The van der Waals surface area contributed by atoms with E-state index in [1.807, 2.05) is 0 Å². The van der Waals surface area contributed by atoms with Gasteiger partial charge in [-0.2, -0.15) is 14.2 Å². The SMILES string of the molecule is CC(=O)n1nc(C(=O)Nc2ccc(F)cc2Cl)cc1F. The molecule has 0 aliphatic rings. The summed E-state index contributed by atoms with van der Waals surface area (Å²) in [5, 5.41) is 5.85. The van der Waals surface area contributed by atoms with Gasteiger partial charge in [0.15, 0.2) is 5.69 Å². The lowest BCUT2D eigenvalue weighted by atomic mass is 10.3. The van der Waals surface area contributed by atoms with Crippen LogP contribution in [0, 0.1) is 11.8 Å². The lowest BCUT2D eigenvalue weighted by Crippen LogP contribution is -2.15. The van der Waals surface area contributed by atoms with Crippen molar-refractivity contribution in [2.75, 3.05) is 5.32 Å². The largest absolute Gasteiger partial charge is 0.319 e. The molecule has 0 radical (unpaired) electrons. The van der Waals surface area contributed by atoms with Crippen LogP contribution in [-0.2, 0) is 0 Å². The van der Waals surface area contributed by atoms with E-state index in [0.717, 1.165) is 25.1 Å². The Balaban J connectivity index is 2.24. The van der Waals surface area contributed by atoms with Crippen LogP contribution in [-0.4, -0.2) is 21.6 Å². The zero-order valence-corrected chi connectivity index (χ0v) is 10.9. The minimum atomic E-state index is -0.951. The van der Waals surface area contributed by atoms with E-state index < -0.39 is 23.6 Å². The van der Waals surface area contributed by atoms with Gasteiger partial charge in [-0.3, -0.25) is 9.59 Å². The van der Waals surface area contributed by atoms with Crippen LogP contribution in [0.25, 0.3) is 0 Å². The maximum absolute atomic E-state index is 13.3. The number of amides is 1. The topological polar surface area (TPSA) is 64.0 Å². The second kappa shape index (κ2) is 5.38. The van der Waals surface area contributed by atoms with Gasteiger partial charge in [0.1, 0.15) is 5.82 Å².